The highest BCUT2D eigenvalue weighted by Gasteiger charge is 2.59. The van der Waals surface area contributed by atoms with Crippen LogP contribution in [0, 0.1) is 35.5 Å². The minimum Gasteiger partial charge on any atom is -0.468 e. The topological polar surface area (TPSA) is 158 Å². The van der Waals surface area contributed by atoms with Gasteiger partial charge in [-0.2, -0.15) is 0 Å². The number of amides is 2. The quantitative estimate of drug-likeness (QED) is 0.152. The molecular weight excluding hydrogens is 827 g/mol. The molecule has 4 aliphatic rings. The van der Waals surface area contributed by atoms with Crippen molar-refractivity contribution in [3.63, 3.8) is 0 Å². The number of hydrogen-bond donors (Lipinski definition) is 1. The standard InChI is InChI=1S/C52H65N3O10/c1-30(2)35-25-24-31(3)26-42(35)64-48(58)38-29-40(50(60)63-8)54(45(38)34-22-16-11-17-23-34)47(57)37-28-41(51(61)65-52(4,5)6)55(44(37)33-20-14-10-15-21-33)46(56)36-27-39(49(59)62-7)53-43(36)32-18-12-9-13-19-32/h9-23,30-31,35-45,53H,24-29H2,1-8H3/t31-,35+,36+,37-,38+,39+,40+,41-,42-,43+,44-,45+/m1/s1. The number of carbonyl (C=O) groups is 6. The van der Waals surface area contributed by atoms with Crippen molar-refractivity contribution in [1.82, 2.24) is 15.1 Å². The highest BCUT2D eigenvalue weighted by molar-refractivity contribution is 5.94. The molecule has 3 heterocycles. The molecule has 1 saturated carbocycles. The molecule has 1 N–H and O–H groups in total. The lowest BCUT2D eigenvalue weighted by Crippen LogP contribution is -2.49. The molecule has 3 aromatic carbocycles. The number of esters is 4. The van der Waals surface area contributed by atoms with Crippen LogP contribution in [0.25, 0.3) is 0 Å². The summed E-state index contributed by atoms with van der Waals surface area (Å²) in [5.41, 5.74) is 1.03. The molecule has 1 aliphatic carbocycles. The summed E-state index contributed by atoms with van der Waals surface area (Å²) in [6.45, 7) is 11.7. The minimum atomic E-state index is -1.24. The van der Waals surface area contributed by atoms with Crippen LogP contribution in [-0.4, -0.2) is 89.5 Å². The molecular formula is C52H65N3O10. The van der Waals surface area contributed by atoms with Crippen LogP contribution >= 0.6 is 0 Å². The van der Waals surface area contributed by atoms with Crippen molar-refractivity contribution >= 4 is 35.7 Å². The van der Waals surface area contributed by atoms with Crippen molar-refractivity contribution in [3.8, 4) is 0 Å². The summed E-state index contributed by atoms with van der Waals surface area (Å²) < 4.78 is 23.0. The smallest absolute Gasteiger partial charge is 0.329 e. The highest BCUT2D eigenvalue weighted by Crippen LogP contribution is 2.50. The molecule has 0 bridgehead atoms. The Morgan fingerprint density at radius 2 is 1.09 bits per heavy atom. The SMILES string of the molecule is COC(=O)[C@@H]1C[C@H](C(=O)N2[C@@H](C(=O)OC(C)(C)C)C[C@@H](C(=O)N3[C@H](C(=O)OC)C[C@H](C(=O)O[C@@H]4C[C@H](C)CC[C@H]4C(C)C)[C@@H]3c3ccccc3)[C@H]2c2ccccc2)[C@H](c2ccccc2)N1. The van der Waals surface area contributed by atoms with Crippen LogP contribution in [0.5, 0.6) is 0 Å². The fraction of sp³-hybridized carbons (Fsp3) is 0.538. The van der Waals surface area contributed by atoms with E-state index >= 15 is 9.59 Å². The van der Waals surface area contributed by atoms with E-state index in [-0.39, 0.29) is 37.2 Å². The van der Waals surface area contributed by atoms with Crippen molar-refractivity contribution < 1.29 is 47.7 Å². The molecule has 0 unspecified atom stereocenters. The molecule has 13 heteroatoms. The van der Waals surface area contributed by atoms with Crippen molar-refractivity contribution in [2.45, 2.75) is 128 Å². The molecule has 7 rings (SSSR count). The van der Waals surface area contributed by atoms with Gasteiger partial charge in [-0.25, -0.2) is 9.59 Å². The summed E-state index contributed by atoms with van der Waals surface area (Å²) in [5, 5.41) is 3.32. The summed E-state index contributed by atoms with van der Waals surface area (Å²) >= 11 is 0. The van der Waals surface area contributed by atoms with Crippen LogP contribution in [-0.2, 0) is 47.7 Å². The molecule has 4 fully saturated rings. The van der Waals surface area contributed by atoms with E-state index in [0.29, 0.717) is 17.0 Å². The van der Waals surface area contributed by atoms with Crippen LogP contribution in [0.2, 0.25) is 0 Å². The van der Waals surface area contributed by atoms with Gasteiger partial charge in [0.15, 0.2) is 0 Å². The monoisotopic (exact) mass is 891 g/mol. The molecule has 12 atom stereocenters. The summed E-state index contributed by atoms with van der Waals surface area (Å²) in [6.07, 6.45) is 2.25. The van der Waals surface area contributed by atoms with Gasteiger partial charge in [0.05, 0.1) is 44.1 Å². The number of ether oxygens (including phenoxy) is 4. The average Bonchev–Trinajstić information content (AvgIpc) is 4.04. The number of nitrogens with one attached hydrogen (secondary N) is 1. The lowest BCUT2D eigenvalue weighted by molar-refractivity contribution is -0.165. The Labute approximate surface area is 382 Å². The Kier molecular flexibility index (Phi) is 14.5. The van der Waals surface area contributed by atoms with Gasteiger partial charge in [-0.3, -0.25) is 24.5 Å². The molecule has 0 aromatic heterocycles. The maximum atomic E-state index is 16.0. The first kappa shape index (κ1) is 47.4. The van der Waals surface area contributed by atoms with E-state index in [4.69, 9.17) is 18.9 Å². The molecule has 0 radical (unpaired) electrons. The zero-order valence-electron chi connectivity index (χ0n) is 38.9. The number of methoxy groups -OCH3 is 2. The zero-order valence-corrected chi connectivity index (χ0v) is 38.9. The Morgan fingerprint density at radius 1 is 0.600 bits per heavy atom. The van der Waals surface area contributed by atoms with Gasteiger partial charge < -0.3 is 28.7 Å². The second kappa shape index (κ2) is 19.9. The van der Waals surface area contributed by atoms with Gasteiger partial charge in [-0.1, -0.05) is 118 Å². The number of nitrogens with zero attached hydrogens (tertiary/aromatic N) is 2. The number of rotatable bonds is 11. The first-order valence-corrected chi connectivity index (χ1v) is 23.2. The van der Waals surface area contributed by atoms with Crippen molar-refractivity contribution in [2.75, 3.05) is 14.2 Å². The zero-order chi connectivity index (χ0) is 46.7. The molecule has 3 saturated heterocycles. The van der Waals surface area contributed by atoms with Crippen LogP contribution < -0.4 is 5.32 Å². The summed E-state index contributed by atoms with van der Waals surface area (Å²) in [5.74, 6) is -5.45. The van der Waals surface area contributed by atoms with Gasteiger partial charge in [-0.15, -0.1) is 0 Å². The van der Waals surface area contributed by atoms with E-state index < -0.39 is 95.3 Å². The van der Waals surface area contributed by atoms with Gasteiger partial charge in [0.1, 0.15) is 29.8 Å². The third-order valence-electron chi connectivity index (χ3n) is 14.0. The van der Waals surface area contributed by atoms with E-state index in [0.717, 1.165) is 24.8 Å². The molecule has 0 spiro atoms. The first-order valence-electron chi connectivity index (χ1n) is 23.2. The van der Waals surface area contributed by atoms with E-state index in [1.807, 2.05) is 78.9 Å². The Morgan fingerprint density at radius 3 is 1.62 bits per heavy atom. The number of hydrogen-bond acceptors (Lipinski definition) is 11. The van der Waals surface area contributed by atoms with Crippen LogP contribution in [0.4, 0.5) is 0 Å². The van der Waals surface area contributed by atoms with Gasteiger partial charge in [-0.05, 0) is 87.3 Å². The highest BCUT2D eigenvalue weighted by atomic mass is 16.6. The van der Waals surface area contributed by atoms with E-state index in [1.54, 1.807) is 32.9 Å². The maximum absolute atomic E-state index is 16.0. The van der Waals surface area contributed by atoms with Crippen LogP contribution in [0.3, 0.4) is 0 Å². The normalized spacial score (nSPS) is 30.2. The van der Waals surface area contributed by atoms with E-state index in [9.17, 15) is 19.2 Å². The van der Waals surface area contributed by atoms with Gasteiger partial charge in [0, 0.05) is 6.04 Å². The Balaban J connectivity index is 1.34. The maximum Gasteiger partial charge on any atom is 0.329 e. The van der Waals surface area contributed by atoms with E-state index in [2.05, 4.69) is 26.1 Å². The van der Waals surface area contributed by atoms with Crippen molar-refractivity contribution in [3.05, 3.63) is 108 Å². The molecule has 2 amide bonds. The lowest BCUT2D eigenvalue weighted by atomic mass is 9.75. The van der Waals surface area contributed by atoms with Crippen LogP contribution in [0.15, 0.2) is 91.0 Å². The fourth-order valence-electron chi connectivity index (χ4n) is 11.0. The largest absolute Gasteiger partial charge is 0.468 e. The van der Waals surface area contributed by atoms with Crippen molar-refractivity contribution in [2.24, 2.45) is 35.5 Å². The Hall–Kier alpha value is -5.56. The predicted molar refractivity (Wildman–Crippen MR) is 241 cm³/mol. The number of benzene rings is 3. The van der Waals surface area contributed by atoms with Gasteiger partial charge >= 0.3 is 23.9 Å². The summed E-state index contributed by atoms with van der Waals surface area (Å²) in [4.78, 5) is 91.0. The first-order chi connectivity index (χ1) is 31.0. The second-order valence-electron chi connectivity index (χ2n) is 19.7. The van der Waals surface area contributed by atoms with Gasteiger partial charge in [0.25, 0.3) is 0 Å². The third-order valence-corrected chi connectivity index (χ3v) is 14.0. The van der Waals surface area contributed by atoms with E-state index in [1.165, 1.54) is 24.0 Å². The molecule has 13 nitrogen and oxygen atoms in total. The molecule has 348 valence electrons. The number of carbonyl (C=O) groups excluding carboxylic acids is 6. The fourth-order valence-corrected chi connectivity index (χ4v) is 11.0. The molecule has 3 aliphatic heterocycles. The van der Waals surface area contributed by atoms with Crippen molar-refractivity contribution in [1.29, 1.82) is 0 Å². The molecule has 3 aromatic rings. The Bertz CT molecular complexity index is 2180. The molecule has 65 heavy (non-hydrogen) atoms. The van der Waals surface area contributed by atoms with Gasteiger partial charge in [0.2, 0.25) is 11.8 Å². The second-order valence-corrected chi connectivity index (χ2v) is 19.7. The summed E-state index contributed by atoms with van der Waals surface area (Å²) in [6, 6.07) is 21.7. The predicted octanol–water partition coefficient (Wildman–Crippen LogP) is 7.31. The summed E-state index contributed by atoms with van der Waals surface area (Å²) in [7, 11) is 2.55. The van der Waals surface area contributed by atoms with Crippen LogP contribution in [0.1, 0.15) is 115 Å². The minimum absolute atomic E-state index is 0.0479. The lowest BCUT2D eigenvalue weighted by Gasteiger charge is -2.38. The number of likely N-dealkylation sites (tertiary alicyclic amines) is 2. The third kappa shape index (κ3) is 10.0. The average molecular weight is 892 g/mol.